The third-order valence-electron chi connectivity index (χ3n) is 4.45. The Labute approximate surface area is 188 Å². The van der Waals surface area contributed by atoms with Crippen molar-refractivity contribution in [3.8, 4) is 5.75 Å². The molecule has 0 aliphatic carbocycles. The smallest absolute Gasteiger partial charge is 0.363 e. The number of esters is 2. The number of rotatable bonds is 4. The summed E-state index contributed by atoms with van der Waals surface area (Å²) in [5.74, 6) is -0.767. The van der Waals surface area contributed by atoms with E-state index < -0.39 is 11.9 Å². The maximum atomic E-state index is 12.5. The van der Waals surface area contributed by atoms with Crippen molar-refractivity contribution in [3.05, 3.63) is 105 Å². The third kappa shape index (κ3) is 4.68. The zero-order chi connectivity index (χ0) is 22.0. The lowest BCUT2D eigenvalue weighted by Crippen LogP contribution is -2.09. The molecule has 0 amide bonds. The van der Waals surface area contributed by atoms with Crippen LogP contribution in [0.25, 0.3) is 6.08 Å². The molecule has 0 aromatic heterocycles. The molecule has 0 saturated carbocycles. The van der Waals surface area contributed by atoms with Crippen molar-refractivity contribution in [2.45, 2.75) is 6.92 Å². The number of hydrogen-bond acceptors (Lipinski definition) is 5. The van der Waals surface area contributed by atoms with E-state index in [1.807, 2.05) is 13.0 Å². The second-order valence-electron chi connectivity index (χ2n) is 6.76. The van der Waals surface area contributed by atoms with Crippen LogP contribution in [0.15, 0.2) is 77.4 Å². The zero-order valence-corrected chi connectivity index (χ0v) is 17.8. The number of benzene rings is 3. The SMILES string of the molecule is Cc1cccc(C(=O)Oc2ccccc2/C=C2/N=C(c3ccc(Cl)cc3Cl)OC2=O)c1. The van der Waals surface area contributed by atoms with Gasteiger partial charge in [-0.05, 0) is 49.4 Å². The Hall–Kier alpha value is -3.41. The van der Waals surface area contributed by atoms with Crippen LogP contribution in [-0.4, -0.2) is 17.8 Å². The second kappa shape index (κ2) is 8.76. The Morgan fingerprint density at radius 3 is 2.61 bits per heavy atom. The maximum Gasteiger partial charge on any atom is 0.363 e. The molecule has 0 fully saturated rings. The Kier molecular flexibility index (Phi) is 5.89. The van der Waals surface area contributed by atoms with E-state index in [0.717, 1.165) is 5.56 Å². The van der Waals surface area contributed by atoms with E-state index in [0.29, 0.717) is 32.5 Å². The molecule has 0 unspecified atom stereocenters. The lowest BCUT2D eigenvalue weighted by molar-refractivity contribution is -0.129. The molecule has 0 spiro atoms. The Balaban J connectivity index is 1.64. The largest absolute Gasteiger partial charge is 0.422 e. The quantitative estimate of drug-likeness (QED) is 0.282. The average molecular weight is 452 g/mol. The summed E-state index contributed by atoms with van der Waals surface area (Å²) in [5.41, 5.74) is 2.38. The molecule has 4 rings (SSSR count). The fraction of sp³-hybridized carbons (Fsp3) is 0.0417. The molecular weight excluding hydrogens is 437 g/mol. The van der Waals surface area contributed by atoms with Gasteiger partial charge in [-0.3, -0.25) is 0 Å². The van der Waals surface area contributed by atoms with Crippen LogP contribution >= 0.6 is 23.2 Å². The van der Waals surface area contributed by atoms with Gasteiger partial charge in [-0.2, -0.15) is 0 Å². The minimum atomic E-state index is -0.638. The van der Waals surface area contributed by atoms with Gasteiger partial charge < -0.3 is 9.47 Å². The molecule has 7 heteroatoms. The van der Waals surface area contributed by atoms with E-state index in [2.05, 4.69) is 4.99 Å². The van der Waals surface area contributed by atoms with E-state index in [-0.39, 0.29) is 11.6 Å². The van der Waals surface area contributed by atoms with Crippen molar-refractivity contribution in [2.24, 2.45) is 4.99 Å². The molecule has 0 N–H and O–H groups in total. The summed E-state index contributed by atoms with van der Waals surface area (Å²) in [6.45, 7) is 1.89. The van der Waals surface area contributed by atoms with Gasteiger partial charge in [0.15, 0.2) is 5.70 Å². The summed E-state index contributed by atoms with van der Waals surface area (Å²) < 4.78 is 10.8. The standard InChI is InChI=1S/C24H15Cl2NO4/c1-14-5-4-7-16(11-14)23(28)30-21-8-3-2-6-15(21)12-20-24(29)31-22(27-20)18-10-9-17(25)13-19(18)26/h2-13H,1H3/b20-12+. The van der Waals surface area contributed by atoms with Crippen LogP contribution in [0.5, 0.6) is 5.75 Å². The second-order valence-corrected chi connectivity index (χ2v) is 7.60. The number of carbonyl (C=O) groups is 2. The van der Waals surface area contributed by atoms with Crippen LogP contribution in [0.3, 0.4) is 0 Å². The van der Waals surface area contributed by atoms with Gasteiger partial charge in [-0.1, -0.05) is 59.1 Å². The Morgan fingerprint density at radius 2 is 1.84 bits per heavy atom. The molecule has 1 heterocycles. The molecule has 0 bridgehead atoms. The van der Waals surface area contributed by atoms with Gasteiger partial charge in [0.05, 0.1) is 16.1 Å². The van der Waals surface area contributed by atoms with Crippen molar-refractivity contribution in [3.63, 3.8) is 0 Å². The van der Waals surface area contributed by atoms with Gasteiger partial charge in [0.1, 0.15) is 5.75 Å². The number of ether oxygens (including phenoxy) is 2. The number of nitrogens with zero attached hydrogens (tertiary/aromatic N) is 1. The van der Waals surface area contributed by atoms with E-state index in [9.17, 15) is 9.59 Å². The van der Waals surface area contributed by atoms with Crippen LogP contribution in [0.4, 0.5) is 0 Å². The maximum absolute atomic E-state index is 12.5. The number of carbonyl (C=O) groups excluding carboxylic acids is 2. The first-order valence-corrected chi connectivity index (χ1v) is 10.0. The monoisotopic (exact) mass is 451 g/mol. The van der Waals surface area contributed by atoms with Gasteiger partial charge in [-0.25, -0.2) is 14.6 Å². The molecule has 31 heavy (non-hydrogen) atoms. The minimum Gasteiger partial charge on any atom is -0.422 e. The lowest BCUT2D eigenvalue weighted by Gasteiger charge is -2.08. The number of para-hydroxylation sites is 1. The van der Waals surface area contributed by atoms with Crippen molar-refractivity contribution in [2.75, 3.05) is 0 Å². The number of halogens is 2. The first-order chi connectivity index (χ1) is 14.9. The van der Waals surface area contributed by atoms with Crippen molar-refractivity contribution >= 4 is 47.1 Å². The molecule has 1 aliphatic rings. The number of hydrogen-bond donors (Lipinski definition) is 0. The lowest BCUT2D eigenvalue weighted by atomic mass is 10.1. The summed E-state index contributed by atoms with van der Waals surface area (Å²) in [6, 6.07) is 18.7. The molecule has 0 atom stereocenters. The molecule has 3 aromatic carbocycles. The topological polar surface area (TPSA) is 65.0 Å². The van der Waals surface area contributed by atoms with Crippen molar-refractivity contribution < 1.29 is 19.1 Å². The molecule has 154 valence electrons. The van der Waals surface area contributed by atoms with Gasteiger partial charge in [0.25, 0.3) is 0 Å². The predicted octanol–water partition coefficient (Wildman–Crippen LogP) is 5.87. The van der Waals surface area contributed by atoms with Crippen molar-refractivity contribution in [1.29, 1.82) is 0 Å². The minimum absolute atomic E-state index is 0.0556. The molecular formula is C24H15Cl2NO4. The summed E-state index contributed by atoms with van der Waals surface area (Å²) in [4.78, 5) is 29.1. The van der Waals surface area contributed by atoms with E-state index in [4.69, 9.17) is 32.7 Å². The van der Waals surface area contributed by atoms with Crippen LogP contribution in [0.1, 0.15) is 27.0 Å². The van der Waals surface area contributed by atoms with Crippen LogP contribution in [0.2, 0.25) is 10.0 Å². The highest BCUT2D eigenvalue weighted by molar-refractivity contribution is 6.37. The molecule has 3 aromatic rings. The Bertz CT molecular complexity index is 1260. The van der Waals surface area contributed by atoms with Gasteiger partial charge in [0.2, 0.25) is 5.90 Å². The number of cyclic esters (lactones) is 1. The van der Waals surface area contributed by atoms with E-state index in [1.54, 1.807) is 54.6 Å². The summed E-state index contributed by atoms with van der Waals surface area (Å²) >= 11 is 12.1. The zero-order valence-electron chi connectivity index (χ0n) is 16.3. The third-order valence-corrected chi connectivity index (χ3v) is 5.00. The predicted molar refractivity (Wildman–Crippen MR) is 120 cm³/mol. The van der Waals surface area contributed by atoms with Gasteiger partial charge >= 0.3 is 11.9 Å². The average Bonchev–Trinajstić information content (AvgIpc) is 3.09. The molecule has 0 radical (unpaired) electrons. The first kappa shape index (κ1) is 20.8. The van der Waals surface area contributed by atoms with Crippen molar-refractivity contribution in [1.82, 2.24) is 0 Å². The van der Waals surface area contributed by atoms with Crippen LogP contribution < -0.4 is 4.74 Å². The van der Waals surface area contributed by atoms with Crippen LogP contribution in [0, 0.1) is 6.92 Å². The number of aryl methyl sites for hydroxylation is 1. The molecule has 5 nitrogen and oxygen atoms in total. The molecule has 0 saturated heterocycles. The fourth-order valence-corrected chi connectivity index (χ4v) is 3.45. The summed E-state index contributed by atoms with van der Waals surface area (Å²) in [5, 5.41) is 0.770. The molecule has 1 aliphatic heterocycles. The van der Waals surface area contributed by atoms with Gasteiger partial charge in [0, 0.05) is 10.6 Å². The summed E-state index contributed by atoms with van der Waals surface area (Å²) in [7, 11) is 0. The van der Waals surface area contributed by atoms with E-state index >= 15 is 0 Å². The fourth-order valence-electron chi connectivity index (χ4n) is 2.96. The highest BCUT2D eigenvalue weighted by Gasteiger charge is 2.26. The Morgan fingerprint density at radius 1 is 1.03 bits per heavy atom. The van der Waals surface area contributed by atoms with Crippen LogP contribution in [-0.2, 0) is 9.53 Å². The van der Waals surface area contributed by atoms with Gasteiger partial charge in [-0.15, -0.1) is 0 Å². The highest BCUT2D eigenvalue weighted by atomic mass is 35.5. The number of aliphatic imine (C=N–C) groups is 1. The first-order valence-electron chi connectivity index (χ1n) is 9.26. The normalized spacial score (nSPS) is 14.4. The van der Waals surface area contributed by atoms with E-state index in [1.165, 1.54) is 12.1 Å². The summed E-state index contributed by atoms with van der Waals surface area (Å²) in [6.07, 6.45) is 1.50. The highest BCUT2D eigenvalue weighted by Crippen LogP contribution is 2.28.